The number of aliphatic carboxylic acids is 1. The van der Waals surface area contributed by atoms with Crippen LogP contribution in [-0.2, 0) is 28.6 Å². The maximum atomic E-state index is 12.6. The number of aliphatic hydroxyl groups is 6. The minimum Gasteiger partial charge on any atom is -0.479 e. The van der Waals surface area contributed by atoms with Crippen molar-refractivity contribution < 1.29 is 64.3 Å². The largest absolute Gasteiger partial charge is 0.479 e. The normalized spacial score (nSPS) is 43.0. The average molecular weight is 711 g/mol. The Morgan fingerprint density at radius 3 is 2.40 bits per heavy atom. The first-order chi connectivity index (χ1) is 23.6. The third kappa shape index (κ3) is 7.38. The number of amides is 1. The van der Waals surface area contributed by atoms with Crippen molar-refractivity contribution in [3.63, 3.8) is 0 Å². The lowest BCUT2D eigenvalue weighted by Gasteiger charge is -2.55. The van der Waals surface area contributed by atoms with E-state index < -0.39 is 90.2 Å². The molecule has 0 aromatic rings. The highest BCUT2D eigenvalue weighted by atomic mass is 16.7. The molecule has 4 fully saturated rings. The van der Waals surface area contributed by atoms with Gasteiger partial charge >= 0.3 is 5.97 Å². The highest BCUT2D eigenvalue weighted by Crippen LogP contribution is 2.47. The van der Waals surface area contributed by atoms with Crippen LogP contribution < -0.4 is 11.1 Å². The van der Waals surface area contributed by atoms with Gasteiger partial charge in [0.15, 0.2) is 36.1 Å². The Balaban J connectivity index is 1.36. The number of primary amides is 1. The molecular formula is C34H52N3O13+. The molecule has 3 aliphatic heterocycles. The van der Waals surface area contributed by atoms with E-state index in [1.807, 2.05) is 19.9 Å². The molecule has 0 bridgehead atoms. The molecule has 1 amide bonds. The lowest BCUT2D eigenvalue weighted by atomic mass is 9.66. The van der Waals surface area contributed by atoms with Crippen LogP contribution in [0.4, 0.5) is 0 Å². The fourth-order valence-electron chi connectivity index (χ4n) is 8.49. The van der Waals surface area contributed by atoms with Crippen LogP contribution in [0, 0.1) is 36.1 Å². The summed E-state index contributed by atoms with van der Waals surface area (Å²) in [7, 11) is 0. The number of carbonyl (C=O) groups is 3. The third-order valence-electron chi connectivity index (χ3n) is 11.7. The van der Waals surface area contributed by atoms with E-state index in [-0.39, 0.29) is 43.4 Å². The number of carbonyl (C=O) groups excluding carboxylic acids is 2. The molecule has 0 aromatic heterocycles. The molecule has 2 aliphatic carbocycles. The minimum absolute atomic E-state index is 0.0178. The molecule has 2 saturated carbocycles. The molecule has 5 aliphatic rings. The second kappa shape index (κ2) is 15.6. The molecule has 13 unspecified atom stereocenters. The van der Waals surface area contributed by atoms with Gasteiger partial charge in [0.05, 0.1) is 30.5 Å². The van der Waals surface area contributed by atoms with Crippen molar-refractivity contribution >= 4 is 24.4 Å². The number of aliphatic imine (C=N–C) groups is 1. The monoisotopic (exact) mass is 710 g/mol. The Kier molecular flexibility index (Phi) is 12.1. The van der Waals surface area contributed by atoms with Gasteiger partial charge in [-0.1, -0.05) is 13.8 Å². The smallest absolute Gasteiger partial charge is 0.335 e. The van der Waals surface area contributed by atoms with Gasteiger partial charge in [0.25, 0.3) is 0 Å². The lowest BCUT2D eigenvalue weighted by Crippen LogP contribution is -2.81. The predicted octanol–water partition coefficient (Wildman–Crippen LogP) is -1.47. The zero-order chi connectivity index (χ0) is 36.5. The summed E-state index contributed by atoms with van der Waals surface area (Å²) in [6.07, 6.45) is -6.56. The first-order valence-electron chi connectivity index (χ1n) is 17.5. The number of aldehydes is 1. The highest BCUT2D eigenvalue weighted by molar-refractivity contribution is 5.82. The number of carboxylic acid groups (broad SMARTS) is 1. The molecule has 16 heteroatoms. The number of nitrogens with zero attached hydrogens (tertiary/aromatic N) is 1. The number of hydrogen-bond donors (Lipinski definition) is 9. The number of aliphatic hydroxyl groups excluding tert-OH is 4. The predicted molar refractivity (Wildman–Crippen MR) is 174 cm³/mol. The van der Waals surface area contributed by atoms with Gasteiger partial charge in [-0.2, -0.15) is 0 Å². The van der Waals surface area contributed by atoms with Gasteiger partial charge in [0.2, 0.25) is 5.91 Å². The van der Waals surface area contributed by atoms with Crippen LogP contribution in [0.5, 0.6) is 0 Å². The number of nitrogens with two attached hydrogens (primary N) is 1. The van der Waals surface area contributed by atoms with Gasteiger partial charge in [-0.25, -0.2) is 4.79 Å². The van der Waals surface area contributed by atoms with E-state index >= 15 is 0 Å². The van der Waals surface area contributed by atoms with Crippen LogP contribution in [0.3, 0.4) is 0 Å². The van der Waals surface area contributed by atoms with Gasteiger partial charge in [0, 0.05) is 31.2 Å². The number of fused-ring (bicyclic) bond motifs is 1. The SMILES string of the molecule is CC(C)C(CNC(O)C1(O)C(OC2CCC3C(C2)OC(C(N)=O)C(C2CCC(O)CC2)C3O)OC(C(=O)O)C(O)C1(O)C=O)CC1=C[CH+]N=C1. The van der Waals surface area contributed by atoms with Crippen LogP contribution in [0.15, 0.2) is 16.6 Å². The Labute approximate surface area is 290 Å². The van der Waals surface area contributed by atoms with E-state index in [2.05, 4.69) is 10.3 Å². The summed E-state index contributed by atoms with van der Waals surface area (Å²) < 4.78 is 17.8. The first kappa shape index (κ1) is 38.7. The number of hydrogen-bond acceptors (Lipinski definition) is 14. The molecule has 16 nitrogen and oxygen atoms in total. The lowest BCUT2D eigenvalue weighted by molar-refractivity contribution is -0.384. The van der Waals surface area contributed by atoms with E-state index in [9.17, 15) is 50.1 Å². The van der Waals surface area contributed by atoms with Crippen molar-refractivity contribution in [1.82, 2.24) is 5.32 Å². The van der Waals surface area contributed by atoms with Gasteiger partial charge in [0.1, 0.15) is 30.6 Å². The van der Waals surface area contributed by atoms with E-state index in [0.29, 0.717) is 38.5 Å². The molecule has 50 heavy (non-hydrogen) atoms. The number of carboxylic acids is 1. The summed E-state index contributed by atoms with van der Waals surface area (Å²) >= 11 is 0. The Hall–Kier alpha value is -2.51. The summed E-state index contributed by atoms with van der Waals surface area (Å²) in [5.41, 5.74) is 0.276. The Morgan fingerprint density at radius 2 is 1.82 bits per heavy atom. The van der Waals surface area contributed by atoms with Crippen molar-refractivity contribution in [1.29, 1.82) is 0 Å². The van der Waals surface area contributed by atoms with Crippen molar-refractivity contribution in [3.8, 4) is 0 Å². The van der Waals surface area contributed by atoms with E-state index in [4.69, 9.17) is 19.9 Å². The highest BCUT2D eigenvalue weighted by Gasteiger charge is 2.70. The van der Waals surface area contributed by atoms with Crippen LogP contribution in [0.2, 0.25) is 0 Å². The van der Waals surface area contributed by atoms with Crippen molar-refractivity contribution in [2.45, 2.75) is 132 Å². The van der Waals surface area contributed by atoms with E-state index in [1.54, 1.807) is 12.8 Å². The van der Waals surface area contributed by atoms with Gasteiger partial charge < -0.3 is 55.7 Å². The summed E-state index contributed by atoms with van der Waals surface area (Å²) in [4.78, 5) is 41.2. The molecule has 3 heterocycles. The zero-order valence-electron chi connectivity index (χ0n) is 28.4. The van der Waals surface area contributed by atoms with Crippen LogP contribution in [-0.4, -0.2) is 133 Å². The molecule has 0 radical (unpaired) electrons. The van der Waals surface area contributed by atoms with Crippen molar-refractivity contribution in [2.24, 2.45) is 40.3 Å². The van der Waals surface area contributed by atoms with Crippen LogP contribution in [0.1, 0.15) is 65.2 Å². The number of rotatable bonds is 13. The molecule has 2 saturated heterocycles. The number of allylic oxidation sites excluding steroid dienone is 1. The molecule has 13 atom stereocenters. The second-order valence-electron chi connectivity index (χ2n) is 15.0. The Bertz CT molecular complexity index is 1290. The fourth-order valence-corrected chi connectivity index (χ4v) is 8.49. The summed E-state index contributed by atoms with van der Waals surface area (Å²) in [6.45, 7) is 5.60. The molecule has 280 valence electrons. The number of ether oxygens (including phenoxy) is 3. The standard InChI is InChI=1S/C34H51N3O13/c1-16(2)19(11-17-9-10-36-13-17)14-37-31(45)34(47)32(50-27(30(43)44)28(41)33(34,46)15-38)48-21-7-8-22-23(12-21)49-26(29(35)42)24(25(22)40)18-3-5-20(39)6-4-18/h9-10,13,15-16,18-28,31-32,37,39-41,45-47H,3-8,11-12,14H2,1-2H3,(H2-,35,42,43,44)/p+1. The van der Waals surface area contributed by atoms with Crippen molar-refractivity contribution in [2.75, 3.05) is 6.54 Å². The maximum Gasteiger partial charge on any atom is 0.335 e. The van der Waals surface area contributed by atoms with Gasteiger partial charge in [-0.05, 0) is 56.3 Å². The van der Waals surface area contributed by atoms with Crippen molar-refractivity contribution in [3.05, 3.63) is 18.2 Å². The molecule has 0 spiro atoms. The van der Waals surface area contributed by atoms with Crippen LogP contribution >= 0.6 is 0 Å². The third-order valence-corrected chi connectivity index (χ3v) is 11.7. The molecule has 5 rings (SSSR count). The minimum atomic E-state index is -3.28. The summed E-state index contributed by atoms with van der Waals surface area (Å²) in [6, 6.07) is 0. The topological polar surface area (TPSA) is 271 Å². The van der Waals surface area contributed by atoms with E-state index in [0.717, 1.165) is 5.57 Å². The number of nitrogens with one attached hydrogen (secondary N) is 1. The zero-order valence-corrected chi connectivity index (χ0v) is 28.4. The molecule has 0 aromatic carbocycles. The summed E-state index contributed by atoms with van der Waals surface area (Å²) in [5, 5.41) is 80.0. The van der Waals surface area contributed by atoms with Gasteiger partial charge in [-0.15, -0.1) is 4.99 Å². The average Bonchev–Trinajstić information content (AvgIpc) is 3.60. The van der Waals surface area contributed by atoms with Gasteiger partial charge in [-0.3, -0.25) is 14.9 Å². The molecule has 10 N–H and O–H groups in total. The fraction of sp³-hybridized carbons (Fsp3) is 0.794. The molecular weight excluding hydrogens is 658 g/mol. The quantitative estimate of drug-likeness (QED) is 0.0600. The summed E-state index contributed by atoms with van der Waals surface area (Å²) in [5.74, 6) is -3.65. The van der Waals surface area contributed by atoms with Crippen LogP contribution in [0.25, 0.3) is 0 Å². The second-order valence-corrected chi connectivity index (χ2v) is 15.0. The first-order valence-corrected chi connectivity index (χ1v) is 17.5. The van der Waals surface area contributed by atoms with E-state index in [1.165, 1.54) is 0 Å². The maximum absolute atomic E-state index is 12.6. The Morgan fingerprint density at radius 1 is 1.12 bits per heavy atom.